The zero-order chi connectivity index (χ0) is 20.9. The van der Waals surface area contributed by atoms with Gasteiger partial charge in [0.15, 0.2) is 6.04 Å². The van der Waals surface area contributed by atoms with Crippen LogP contribution in [0.2, 0.25) is 0 Å². The lowest BCUT2D eigenvalue weighted by Gasteiger charge is -2.14. The van der Waals surface area contributed by atoms with Crippen LogP contribution in [0.25, 0.3) is 0 Å². The molecule has 0 aliphatic rings. The average Bonchev–Trinajstić information content (AvgIpc) is 2.60. The molecule has 150 valence electrons. The topological polar surface area (TPSA) is 93.8 Å². The van der Waals surface area contributed by atoms with Crippen LogP contribution in [-0.4, -0.2) is 40.1 Å². The Morgan fingerprint density at radius 3 is 2.54 bits per heavy atom. The van der Waals surface area contributed by atoms with E-state index in [0.29, 0.717) is 23.5 Å². The second-order valence-electron chi connectivity index (χ2n) is 6.39. The molecule has 3 N–H and O–H groups in total. The first kappa shape index (κ1) is 21.3. The van der Waals surface area contributed by atoms with Crippen LogP contribution in [-0.2, 0) is 6.18 Å². The average molecular weight is 395 g/mol. The third-order valence-corrected chi connectivity index (χ3v) is 4.01. The van der Waals surface area contributed by atoms with Gasteiger partial charge in [0.05, 0.1) is 23.5 Å². The normalized spacial score (nSPS) is 11.4. The van der Waals surface area contributed by atoms with Crippen LogP contribution in [0.5, 0.6) is 0 Å². The third kappa shape index (κ3) is 5.24. The Morgan fingerprint density at radius 2 is 1.96 bits per heavy atom. The van der Waals surface area contributed by atoms with Crippen molar-refractivity contribution in [1.29, 1.82) is 5.41 Å². The van der Waals surface area contributed by atoms with Gasteiger partial charge in [0, 0.05) is 47.2 Å². The van der Waals surface area contributed by atoms with Crippen molar-refractivity contribution in [2.24, 2.45) is 0 Å². The highest BCUT2D eigenvalue weighted by atomic mass is 19.4. The summed E-state index contributed by atoms with van der Waals surface area (Å²) in [4.78, 5) is 19.2. The number of nitrogens with one attached hydrogen (secondary N) is 3. The second kappa shape index (κ2) is 8.77. The summed E-state index contributed by atoms with van der Waals surface area (Å²) in [6.07, 6.45) is -2.68. The molecular formula is C18H22F3N6O+. The van der Waals surface area contributed by atoms with E-state index in [2.05, 4.69) is 20.6 Å². The monoisotopic (exact) mass is 395 g/mol. The molecule has 1 heterocycles. The van der Waals surface area contributed by atoms with Gasteiger partial charge in [-0.15, -0.1) is 0 Å². The van der Waals surface area contributed by atoms with Gasteiger partial charge in [0.2, 0.25) is 12.5 Å². The maximum atomic E-state index is 12.8. The van der Waals surface area contributed by atoms with E-state index >= 15 is 0 Å². The number of aromatic nitrogens is 2. The fourth-order valence-corrected chi connectivity index (χ4v) is 2.47. The minimum absolute atomic E-state index is 0.00343. The van der Waals surface area contributed by atoms with Crippen molar-refractivity contribution in [3.8, 4) is 0 Å². The van der Waals surface area contributed by atoms with Crippen molar-refractivity contribution in [2.45, 2.75) is 33.0 Å². The molecular weight excluding hydrogens is 373 g/mol. The molecule has 1 aromatic heterocycles. The summed E-state index contributed by atoms with van der Waals surface area (Å²) in [6, 6.07) is 4.99. The van der Waals surface area contributed by atoms with E-state index in [9.17, 15) is 18.1 Å². The van der Waals surface area contributed by atoms with E-state index < -0.39 is 11.7 Å². The van der Waals surface area contributed by atoms with Crippen LogP contribution in [0.1, 0.15) is 30.7 Å². The smallest absolute Gasteiger partial charge is 0.378 e. The molecule has 0 amide bonds. The number of aryl methyl sites for hydroxylation is 1. The Balaban J connectivity index is 2.19. The first-order chi connectivity index (χ1) is 13.1. The van der Waals surface area contributed by atoms with Crippen LogP contribution in [0.3, 0.4) is 0 Å². The molecule has 2 rings (SSSR count). The number of anilines is 3. The maximum Gasteiger partial charge on any atom is 0.419 e. The van der Waals surface area contributed by atoms with Crippen LogP contribution in [0.4, 0.5) is 30.5 Å². The summed E-state index contributed by atoms with van der Waals surface area (Å²) in [5.74, 6) is -0.00343. The quantitative estimate of drug-likeness (QED) is 0.461. The van der Waals surface area contributed by atoms with Gasteiger partial charge in [-0.05, 0) is 19.1 Å². The Morgan fingerprint density at radius 1 is 1.29 bits per heavy atom. The van der Waals surface area contributed by atoms with Gasteiger partial charge in [-0.2, -0.15) is 13.2 Å². The number of halogens is 3. The summed E-state index contributed by atoms with van der Waals surface area (Å²) in [7, 11) is 0. The lowest BCUT2D eigenvalue weighted by atomic mass is 10.1. The fourth-order valence-electron chi connectivity index (χ4n) is 2.47. The number of hydrogen-bond donors (Lipinski definition) is 3. The minimum Gasteiger partial charge on any atom is -0.378 e. The molecule has 0 bridgehead atoms. The summed E-state index contributed by atoms with van der Waals surface area (Å²) in [5.41, 5.74) is 0.460. The van der Waals surface area contributed by atoms with Gasteiger partial charge >= 0.3 is 6.18 Å². The number of benzene rings is 1. The van der Waals surface area contributed by atoms with Gasteiger partial charge in [-0.3, -0.25) is 0 Å². The molecule has 0 atom stereocenters. The Hall–Kier alpha value is -3.04. The molecule has 0 saturated heterocycles. The Kier molecular flexibility index (Phi) is 6.66. The minimum atomic E-state index is -4.52. The second-order valence-corrected chi connectivity index (χ2v) is 6.39. The Bertz CT molecular complexity index is 867. The zero-order valence-electron chi connectivity index (χ0n) is 15.8. The number of nitroso groups, excluding NO2 is 1. The maximum absolute atomic E-state index is 12.8. The van der Waals surface area contributed by atoms with Gasteiger partial charge in [0.1, 0.15) is 0 Å². The fraction of sp³-hybridized carbons (Fsp3) is 0.389. The molecule has 2 aromatic rings. The van der Waals surface area contributed by atoms with Crippen molar-refractivity contribution in [3.05, 3.63) is 46.1 Å². The summed E-state index contributed by atoms with van der Waals surface area (Å²) < 4.78 is 39.5. The molecule has 0 fully saturated rings. The van der Waals surface area contributed by atoms with Crippen molar-refractivity contribution in [1.82, 2.24) is 9.97 Å². The zero-order valence-corrected chi connectivity index (χ0v) is 15.8. The molecule has 0 unspecified atom stereocenters. The standard InChI is InChI=1S/C18H22F3N6O/c1-11(2)27(28)8-7-23-15-5-4-6-16(13(15)9-22)26-17-24-10-14(12(3)25-17)18(19,20)21/h4-6,9-11,22-23H,7-8H2,1-3H3,(H,24,25,26)/q+1. The molecule has 0 radical (unpaired) electrons. The lowest BCUT2D eigenvalue weighted by Crippen LogP contribution is -2.24. The highest BCUT2D eigenvalue weighted by molar-refractivity contribution is 5.94. The lowest BCUT2D eigenvalue weighted by molar-refractivity contribution is -0.575. The molecule has 10 heteroatoms. The van der Waals surface area contributed by atoms with Crippen LogP contribution in [0, 0.1) is 17.2 Å². The molecule has 0 aliphatic heterocycles. The number of nitrogens with zero attached hydrogens (tertiary/aromatic N) is 3. The van der Waals surface area contributed by atoms with Crippen molar-refractivity contribution in [3.63, 3.8) is 0 Å². The molecule has 1 aromatic carbocycles. The highest BCUT2D eigenvalue weighted by Gasteiger charge is 2.33. The molecule has 0 aliphatic carbocycles. The SMILES string of the molecule is Cc1nc(Nc2cccc(NCC[N+](=O)C(C)C)c2C=N)ncc1C(F)(F)F. The van der Waals surface area contributed by atoms with Crippen molar-refractivity contribution in [2.75, 3.05) is 23.7 Å². The van der Waals surface area contributed by atoms with Gasteiger partial charge < -0.3 is 16.0 Å². The Labute approximate surface area is 160 Å². The summed E-state index contributed by atoms with van der Waals surface area (Å²) in [6.45, 7) is 5.50. The number of alkyl halides is 3. The largest absolute Gasteiger partial charge is 0.419 e. The predicted octanol–water partition coefficient (Wildman–Crippen LogP) is 4.14. The predicted molar refractivity (Wildman–Crippen MR) is 102 cm³/mol. The first-order valence-electron chi connectivity index (χ1n) is 8.62. The van der Waals surface area contributed by atoms with E-state index in [4.69, 9.17) is 5.41 Å². The van der Waals surface area contributed by atoms with E-state index in [1.807, 2.05) is 0 Å². The summed E-state index contributed by atoms with van der Waals surface area (Å²) in [5, 5.41) is 13.6. The van der Waals surface area contributed by atoms with E-state index in [-0.39, 0.29) is 24.2 Å². The van der Waals surface area contributed by atoms with Gasteiger partial charge in [-0.25, -0.2) is 9.97 Å². The van der Waals surface area contributed by atoms with Gasteiger partial charge in [0.25, 0.3) is 0 Å². The highest BCUT2D eigenvalue weighted by Crippen LogP contribution is 2.31. The summed E-state index contributed by atoms with van der Waals surface area (Å²) >= 11 is 0. The van der Waals surface area contributed by atoms with E-state index in [1.54, 1.807) is 32.0 Å². The van der Waals surface area contributed by atoms with E-state index in [1.165, 1.54) is 6.92 Å². The van der Waals surface area contributed by atoms with Crippen molar-refractivity contribution >= 4 is 23.5 Å². The molecule has 0 spiro atoms. The van der Waals surface area contributed by atoms with Crippen LogP contribution in [0.15, 0.2) is 24.4 Å². The van der Waals surface area contributed by atoms with Crippen LogP contribution >= 0.6 is 0 Å². The van der Waals surface area contributed by atoms with Crippen molar-refractivity contribution < 1.29 is 17.9 Å². The third-order valence-electron chi connectivity index (χ3n) is 4.01. The van der Waals surface area contributed by atoms with Gasteiger partial charge in [-0.1, -0.05) is 6.07 Å². The molecule has 0 saturated carbocycles. The first-order valence-corrected chi connectivity index (χ1v) is 8.62. The number of hydrogen-bond acceptors (Lipinski definition) is 6. The van der Waals surface area contributed by atoms with Crippen LogP contribution < -0.4 is 10.6 Å². The molecule has 28 heavy (non-hydrogen) atoms. The van der Waals surface area contributed by atoms with E-state index in [0.717, 1.165) is 17.2 Å². The number of rotatable bonds is 8. The molecule has 7 nitrogen and oxygen atoms in total.